The zero-order valence-electron chi connectivity index (χ0n) is 19.5. The summed E-state index contributed by atoms with van der Waals surface area (Å²) in [6.07, 6.45) is 3.53. The van der Waals surface area contributed by atoms with Crippen molar-refractivity contribution in [3.8, 4) is 0 Å². The van der Waals surface area contributed by atoms with E-state index in [0.29, 0.717) is 19.5 Å². The van der Waals surface area contributed by atoms with Crippen LogP contribution in [-0.4, -0.2) is 68.6 Å². The average Bonchev–Trinajstić information content (AvgIpc) is 3.26. The number of hydrogen-bond acceptors (Lipinski definition) is 5. The molecule has 0 unspecified atom stereocenters. The van der Waals surface area contributed by atoms with E-state index < -0.39 is 0 Å². The van der Waals surface area contributed by atoms with E-state index in [1.807, 2.05) is 23.2 Å². The number of piperazine rings is 1. The summed E-state index contributed by atoms with van der Waals surface area (Å²) in [6, 6.07) is 12.4. The Hall–Kier alpha value is -2.40. The Balaban J connectivity index is 0.00000306. The Morgan fingerprint density at radius 2 is 1.64 bits per heavy atom. The Morgan fingerprint density at radius 1 is 0.970 bits per heavy atom. The predicted molar refractivity (Wildman–Crippen MR) is 144 cm³/mol. The van der Waals surface area contributed by atoms with Gasteiger partial charge in [0.1, 0.15) is 5.82 Å². The van der Waals surface area contributed by atoms with Crippen molar-refractivity contribution in [3.05, 3.63) is 53.7 Å². The molecule has 178 valence electrons. The third-order valence-electron chi connectivity index (χ3n) is 6.10. The number of aromatic nitrogens is 1. The number of nitrogens with zero attached hydrogens (tertiary/aromatic N) is 5. The molecule has 2 N–H and O–H groups in total. The summed E-state index contributed by atoms with van der Waals surface area (Å²) in [5, 5.41) is 6.69. The summed E-state index contributed by atoms with van der Waals surface area (Å²) >= 11 is 0. The Kier molecular flexibility index (Phi) is 9.30. The van der Waals surface area contributed by atoms with E-state index in [0.717, 1.165) is 67.7 Å². The highest BCUT2D eigenvalue weighted by Gasteiger charge is 2.21. The minimum atomic E-state index is 0. The molecule has 1 aromatic heterocycles. The van der Waals surface area contributed by atoms with E-state index in [1.165, 1.54) is 0 Å². The van der Waals surface area contributed by atoms with Gasteiger partial charge >= 0.3 is 0 Å². The summed E-state index contributed by atoms with van der Waals surface area (Å²) < 4.78 is 0. The first-order valence-corrected chi connectivity index (χ1v) is 11.3. The molecule has 0 aliphatic carbocycles. The number of carbonyl (C=O) groups excluding carboxylic acids is 1. The molecule has 4 rings (SSSR count). The van der Waals surface area contributed by atoms with Gasteiger partial charge in [-0.05, 0) is 42.8 Å². The van der Waals surface area contributed by atoms with E-state index >= 15 is 0 Å². The van der Waals surface area contributed by atoms with Crippen LogP contribution in [0.25, 0.3) is 0 Å². The molecule has 2 saturated heterocycles. The Morgan fingerprint density at radius 3 is 2.21 bits per heavy atom. The molecule has 33 heavy (non-hydrogen) atoms. The summed E-state index contributed by atoms with van der Waals surface area (Å²) in [5.41, 5.74) is 3.23. The number of hydrogen-bond donors (Lipinski definition) is 2. The minimum Gasteiger partial charge on any atom is -0.354 e. The van der Waals surface area contributed by atoms with Crippen LogP contribution in [0.5, 0.6) is 0 Å². The highest BCUT2D eigenvalue weighted by atomic mass is 127. The lowest BCUT2D eigenvalue weighted by molar-refractivity contribution is -0.117. The second kappa shape index (κ2) is 12.2. The monoisotopic (exact) mass is 563 g/mol. The van der Waals surface area contributed by atoms with Gasteiger partial charge in [-0.1, -0.05) is 18.2 Å². The maximum absolute atomic E-state index is 11.9. The molecule has 0 spiro atoms. The molecule has 0 radical (unpaired) electrons. The lowest BCUT2D eigenvalue weighted by atomic mass is 10.2. The van der Waals surface area contributed by atoms with Crippen LogP contribution in [0.3, 0.4) is 0 Å². The van der Waals surface area contributed by atoms with E-state index in [-0.39, 0.29) is 29.9 Å². The number of halogens is 1. The van der Waals surface area contributed by atoms with Crippen molar-refractivity contribution in [2.75, 3.05) is 56.6 Å². The molecule has 2 aromatic rings. The molecule has 2 fully saturated rings. The second-order valence-corrected chi connectivity index (χ2v) is 8.41. The topological polar surface area (TPSA) is 76.1 Å². The van der Waals surface area contributed by atoms with Gasteiger partial charge in [-0.15, -0.1) is 24.0 Å². The summed E-state index contributed by atoms with van der Waals surface area (Å²) in [5.74, 6) is 2.00. The molecular weight excluding hydrogens is 529 g/mol. The van der Waals surface area contributed by atoms with Gasteiger partial charge in [-0.25, -0.2) is 4.98 Å². The lowest BCUT2D eigenvalue weighted by Crippen LogP contribution is -2.44. The van der Waals surface area contributed by atoms with E-state index in [9.17, 15) is 4.79 Å². The zero-order valence-corrected chi connectivity index (χ0v) is 21.8. The van der Waals surface area contributed by atoms with Gasteiger partial charge in [0.25, 0.3) is 0 Å². The van der Waals surface area contributed by atoms with Gasteiger partial charge < -0.3 is 25.3 Å². The molecule has 3 heterocycles. The fourth-order valence-electron chi connectivity index (χ4n) is 4.05. The number of benzene rings is 1. The highest BCUT2D eigenvalue weighted by molar-refractivity contribution is 14.0. The van der Waals surface area contributed by atoms with Crippen LogP contribution in [0.2, 0.25) is 0 Å². The number of aliphatic imine (C=N–C) groups is 1. The lowest BCUT2D eigenvalue weighted by Gasteiger charge is -2.33. The number of amides is 1. The molecule has 8 nitrogen and oxygen atoms in total. The van der Waals surface area contributed by atoms with Crippen molar-refractivity contribution in [1.82, 2.24) is 20.5 Å². The molecule has 1 aromatic carbocycles. The molecule has 1 amide bonds. The largest absolute Gasteiger partial charge is 0.354 e. The van der Waals surface area contributed by atoms with Gasteiger partial charge in [0.15, 0.2) is 5.96 Å². The molecule has 0 saturated carbocycles. The van der Waals surface area contributed by atoms with Crippen molar-refractivity contribution in [1.29, 1.82) is 0 Å². The fourth-order valence-corrected chi connectivity index (χ4v) is 4.05. The molecular formula is C24H34IN7O. The number of nitrogens with one attached hydrogen (secondary N) is 2. The van der Waals surface area contributed by atoms with Crippen molar-refractivity contribution in [3.63, 3.8) is 0 Å². The minimum absolute atomic E-state index is 0. The van der Waals surface area contributed by atoms with Gasteiger partial charge in [-0.3, -0.25) is 9.79 Å². The van der Waals surface area contributed by atoms with Crippen LogP contribution in [-0.2, 0) is 17.9 Å². The van der Waals surface area contributed by atoms with Crippen LogP contribution in [0.15, 0.2) is 47.6 Å². The van der Waals surface area contributed by atoms with Crippen molar-refractivity contribution in [2.24, 2.45) is 4.99 Å². The van der Waals surface area contributed by atoms with E-state index in [4.69, 9.17) is 0 Å². The van der Waals surface area contributed by atoms with Crippen molar-refractivity contribution in [2.45, 2.75) is 25.9 Å². The highest BCUT2D eigenvalue weighted by Crippen LogP contribution is 2.21. The first-order chi connectivity index (χ1) is 15.6. The quantitative estimate of drug-likeness (QED) is 0.320. The van der Waals surface area contributed by atoms with Gasteiger partial charge in [0.2, 0.25) is 5.91 Å². The maximum Gasteiger partial charge on any atom is 0.227 e. The zero-order chi connectivity index (χ0) is 22.3. The average molecular weight is 563 g/mol. The smallest absolute Gasteiger partial charge is 0.227 e. The summed E-state index contributed by atoms with van der Waals surface area (Å²) in [4.78, 5) is 27.4. The number of pyridine rings is 1. The van der Waals surface area contributed by atoms with Crippen LogP contribution >= 0.6 is 24.0 Å². The van der Waals surface area contributed by atoms with Gasteiger partial charge in [0.05, 0.1) is 0 Å². The Bertz CT molecular complexity index is 925. The molecule has 0 bridgehead atoms. The van der Waals surface area contributed by atoms with E-state index in [1.54, 1.807) is 7.05 Å². The van der Waals surface area contributed by atoms with Crippen molar-refractivity contribution < 1.29 is 4.79 Å². The number of rotatable bonds is 6. The SMILES string of the molecule is CN=C(NCc1ccc(N2CCCC2=O)cc1)NCc1ccc(N2CCN(C)CC2)nc1.I. The summed E-state index contributed by atoms with van der Waals surface area (Å²) in [7, 11) is 3.93. The third-order valence-corrected chi connectivity index (χ3v) is 6.10. The molecule has 2 aliphatic rings. The molecule has 9 heteroatoms. The predicted octanol–water partition coefficient (Wildman–Crippen LogP) is 2.44. The number of carbonyl (C=O) groups is 1. The number of anilines is 2. The van der Waals surface area contributed by atoms with E-state index in [2.05, 4.69) is 61.7 Å². The second-order valence-electron chi connectivity index (χ2n) is 8.41. The van der Waals surface area contributed by atoms with Gasteiger partial charge in [0, 0.05) is 71.2 Å². The first kappa shape index (κ1) is 25.2. The van der Waals surface area contributed by atoms with Crippen molar-refractivity contribution >= 4 is 47.3 Å². The molecule has 2 aliphatic heterocycles. The molecule has 0 atom stereocenters. The third kappa shape index (κ3) is 6.80. The normalized spacial score (nSPS) is 17.2. The Labute approximate surface area is 213 Å². The fraction of sp³-hybridized carbons (Fsp3) is 0.458. The van der Waals surface area contributed by atoms with Crippen LogP contribution in [0.1, 0.15) is 24.0 Å². The maximum atomic E-state index is 11.9. The summed E-state index contributed by atoms with van der Waals surface area (Å²) in [6.45, 7) is 6.33. The first-order valence-electron chi connectivity index (χ1n) is 11.3. The number of guanidine groups is 1. The van der Waals surface area contributed by atoms with Crippen LogP contribution in [0.4, 0.5) is 11.5 Å². The number of likely N-dealkylation sites (N-methyl/N-ethyl adjacent to an activating group) is 1. The standard InChI is InChI=1S/C24H33N7O.HI/c1-25-24(27-16-19-5-8-21(9-6-19)31-11-3-4-23(31)32)28-18-20-7-10-22(26-17-20)30-14-12-29(2)13-15-30;/h5-10,17H,3-4,11-16,18H2,1-2H3,(H2,25,27,28);1H. The van der Waals surface area contributed by atoms with Crippen LogP contribution in [0, 0.1) is 0 Å². The van der Waals surface area contributed by atoms with Crippen LogP contribution < -0.4 is 20.4 Å². The van der Waals surface area contributed by atoms with Gasteiger partial charge in [-0.2, -0.15) is 0 Å².